The lowest BCUT2D eigenvalue weighted by molar-refractivity contribution is -0.191. The van der Waals surface area contributed by atoms with Gasteiger partial charge in [-0.3, -0.25) is 43.5 Å². The molecule has 354 valence electrons. The first-order valence-corrected chi connectivity index (χ1v) is 22.4. The van der Waals surface area contributed by atoms with Crippen LogP contribution in [0, 0.1) is 0 Å². The number of ether oxygens (including phenoxy) is 4. The van der Waals surface area contributed by atoms with Crippen molar-refractivity contribution in [1.29, 1.82) is 0 Å². The van der Waals surface area contributed by atoms with E-state index in [1.807, 2.05) is 13.8 Å². The maximum Gasteiger partial charge on any atom is 0.373 e. The van der Waals surface area contributed by atoms with Crippen molar-refractivity contribution in [3.8, 4) is 0 Å². The number of hydrogen-bond donors (Lipinski definition) is 0. The summed E-state index contributed by atoms with van der Waals surface area (Å²) in [6.45, 7) is 14.3. The molecule has 6 amide bonds. The number of amides is 6. The van der Waals surface area contributed by atoms with Crippen LogP contribution in [0.15, 0.2) is 71.8 Å². The van der Waals surface area contributed by atoms with Crippen LogP contribution in [-0.4, -0.2) is 124 Å². The maximum atomic E-state index is 13.4. The van der Waals surface area contributed by atoms with E-state index in [4.69, 9.17) is 28.5 Å². The monoisotopic (exact) mass is 913 g/mol. The van der Waals surface area contributed by atoms with Gasteiger partial charge in [-0.1, -0.05) is 52.0 Å². The maximum absolute atomic E-state index is 13.4. The molecule has 4 aliphatic rings. The molecule has 17 heteroatoms. The van der Waals surface area contributed by atoms with E-state index in [0.29, 0.717) is 36.0 Å². The molecule has 2 heterocycles. The number of rotatable bonds is 15. The summed E-state index contributed by atoms with van der Waals surface area (Å²) in [5.41, 5.74) is 1.99. The molecule has 0 fully saturated rings. The minimum atomic E-state index is -1.01. The van der Waals surface area contributed by atoms with Gasteiger partial charge in [0.2, 0.25) is 11.8 Å². The van der Waals surface area contributed by atoms with Crippen LogP contribution in [-0.2, 0) is 47.7 Å². The van der Waals surface area contributed by atoms with Crippen LogP contribution >= 0.6 is 0 Å². The van der Waals surface area contributed by atoms with Crippen molar-refractivity contribution < 1.29 is 66.9 Å². The molecule has 2 aromatic carbocycles. The van der Waals surface area contributed by atoms with Gasteiger partial charge >= 0.3 is 18.1 Å². The topological polar surface area (TPSA) is 217 Å². The molecule has 0 aromatic heterocycles. The Morgan fingerprint density at radius 3 is 1.41 bits per heavy atom. The van der Waals surface area contributed by atoms with Crippen LogP contribution < -0.4 is 0 Å². The summed E-state index contributed by atoms with van der Waals surface area (Å²) in [4.78, 5) is 123. The van der Waals surface area contributed by atoms with Crippen LogP contribution in [0.3, 0.4) is 0 Å². The van der Waals surface area contributed by atoms with Gasteiger partial charge < -0.3 is 18.9 Å². The number of carbonyl (C=O) groups is 8. The van der Waals surface area contributed by atoms with E-state index in [1.54, 1.807) is 74.5 Å². The zero-order chi connectivity index (χ0) is 48.8. The minimum absolute atomic E-state index is 0.0608. The van der Waals surface area contributed by atoms with E-state index in [0.717, 1.165) is 22.6 Å². The summed E-state index contributed by atoms with van der Waals surface area (Å²) in [5.74, 6) is -3.80. The molecule has 0 bridgehead atoms. The molecule has 0 spiro atoms. The summed E-state index contributed by atoms with van der Waals surface area (Å²) < 4.78 is 22.8. The molecule has 2 aromatic rings. The van der Waals surface area contributed by atoms with Crippen molar-refractivity contribution in [2.75, 3.05) is 13.2 Å². The zero-order valence-corrected chi connectivity index (χ0v) is 38.7. The highest BCUT2D eigenvalue weighted by molar-refractivity contribution is 6.22. The van der Waals surface area contributed by atoms with Crippen LogP contribution in [0.2, 0.25) is 0 Å². The Morgan fingerprint density at radius 2 is 1.02 bits per heavy atom. The van der Waals surface area contributed by atoms with Crippen LogP contribution in [0.4, 0.5) is 0 Å². The van der Waals surface area contributed by atoms with Gasteiger partial charge in [0.05, 0.1) is 72.0 Å². The molecule has 17 nitrogen and oxygen atoms in total. The Hall–Kier alpha value is -6.42. The Balaban J connectivity index is 0.000000278. The average molecular weight is 914 g/mol. The van der Waals surface area contributed by atoms with Crippen molar-refractivity contribution in [2.45, 2.75) is 143 Å². The lowest BCUT2D eigenvalue weighted by Crippen LogP contribution is -2.63. The number of benzene rings is 2. The van der Waals surface area contributed by atoms with E-state index in [9.17, 15) is 38.4 Å². The summed E-state index contributed by atoms with van der Waals surface area (Å²) in [6, 6.07) is 10.8. The molecule has 0 saturated carbocycles. The van der Waals surface area contributed by atoms with Gasteiger partial charge in [0.25, 0.3) is 23.6 Å². The molecule has 5 atom stereocenters. The normalized spacial score (nSPS) is 20.8. The molecule has 66 heavy (non-hydrogen) atoms. The number of esters is 2. The summed E-state index contributed by atoms with van der Waals surface area (Å²) >= 11 is 0. The third-order valence-corrected chi connectivity index (χ3v) is 11.8. The molecular formula is C49H59N3O14. The molecule has 0 saturated heterocycles. The van der Waals surface area contributed by atoms with Crippen molar-refractivity contribution in [3.05, 3.63) is 94.1 Å². The lowest BCUT2D eigenvalue weighted by Gasteiger charge is -2.45. The fraction of sp³-hybridized carbons (Fsp3) is 0.490. The number of carbonyl (C=O) groups excluding carboxylic acids is 10. The number of imide groups is 3. The summed E-state index contributed by atoms with van der Waals surface area (Å²) in [7, 11) is 0. The largest absolute Gasteiger partial charge is 0.463 e. The smallest absolute Gasteiger partial charge is 0.373 e. The van der Waals surface area contributed by atoms with E-state index in [2.05, 4.69) is 13.8 Å². The predicted octanol–water partition coefficient (Wildman–Crippen LogP) is 5.81. The highest BCUT2D eigenvalue weighted by atomic mass is 16.5. The van der Waals surface area contributed by atoms with Crippen LogP contribution in [0.25, 0.3) is 0 Å². The Morgan fingerprint density at radius 1 is 0.621 bits per heavy atom. The first-order valence-electron chi connectivity index (χ1n) is 22.4. The van der Waals surface area contributed by atoms with Gasteiger partial charge in [-0.2, -0.15) is 9.59 Å². The van der Waals surface area contributed by atoms with Gasteiger partial charge in [-0.05, 0) is 82.4 Å². The lowest BCUT2D eigenvalue weighted by atomic mass is 9.85. The van der Waals surface area contributed by atoms with Gasteiger partial charge in [0.1, 0.15) is 0 Å². The van der Waals surface area contributed by atoms with E-state index in [1.165, 1.54) is 18.7 Å². The van der Waals surface area contributed by atoms with Crippen molar-refractivity contribution in [1.82, 2.24) is 14.7 Å². The van der Waals surface area contributed by atoms with Crippen LogP contribution in [0.5, 0.6) is 0 Å². The van der Waals surface area contributed by atoms with E-state index < -0.39 is 59.8 Å². The second-order valence-electron chi connectivity index (χ2n) is 15.9. The highest BCUT2D eigenvalue weighted by Crippen LogP contribution is 2.37. The van der Waals surface area contributed by atoms with Crippen molar-refractivity contribution >= 4 is 53.5 Å². The minimum Gasteiger partial charge on any atom is -0.463 e. The van der Waals surface area contributed by atoms with Gasteiger partial charge in [-0.25, -0.2) is 9.59 Å². The third kappa shape index (κ3) is 11.7. The number of fused-ring (bicyclic) bond motifs is 2. The molecule has 0 N–H and O–H groups in total. The van der Waals surface area contributed by atoms with Crippen molar-refractivity contribution in [3.63, 3.8) is 0 Å². The van der Waals surface area contributed by atoms with Gasteiger partial charge in [0, 0.05) is 43.9 Å². The Labute approximate surface area is 384 Å². The zero-order valence-electron chi connectivity index (χ0n) is 38.7. The fourth-order valence-electron chi connectivity index (χ4n) is 8.74. The standard InChI is InChI=1S/C26H32N2O7.C22H27NO5.CO2/c1-6-18(7-2)35-22-14-17(26(33)34-8-3)13-21(23(22)27(15(4)29)16(5)30)28-24(31)19-11-9-10-12-20(19)25(28)32;1-4-16(5-2)28-17-12-14(22(26)27-6-3)11-15(13-17)23-20(24)18-9-7-8-10-19(18)21(23)25;2-1-3/h9-12,14,18,21-23H,6-8,13H2,1-5H3;7-10,12,15-17H,4-6,11,13H2,1-3H3;/t21-,22+,23+;15-,17+;/m00./s1. The molecule has 0 unspecified atom stereocenters. The predicted molar refractivity (Wildman–Crippen MR) is 235 cm³/mol. The molecular weight excluding hydrogens is 855 g/mol. The van der Waals surface area contributed by atoms with E-state index >= 15 is 0 Å². The van der Waals surface area contributed by atoms with Gasteiger partial charge in [0.15, 0.2) is 0 Å². The highest BCUT2D eigenvalue weighted by Gasteiger charge is 2.51. The summed E-state index contributed by atoms with van der Waals surface area (Å²) in [6.07, 6.45) is 5.88. The summed E-state index contributed by atoms with van der Waals surface area (Å²) in [5, 5.41) is 0. The second kappa shape index (κ2) is 24.2. The molecule has 6 rings (SSSR count). The van der Waals surface area contributed by atoms with E-state index in [-0.39, 0.29) is 79.0 Å². The van der Waals surface area contributed by atoms with Crippen LogP contribution in [0.1, 0.15) is 142 Å². The molecule has 2 aliphatic carbocycles. The fourth-order valence-corrected chi connectivity index (χ4v) is 8.74. The number of hydrogen-bond acceptors (Lipinski definition) is 14. The first-order chi connectivity index (χ1) is 31.6. The first kappa shape index (κ1) is 52.2. The molecule has 0 radical (unpaired) electrons. The molecule has 2 aliphatic heterocycles. The van der Waals surface area contributed by atoms with Gasteiger partial charge in [-0.15, -0.1) is 0 Å². The Kier molecular flexibility index (Phi) is 19.1. The quantitative estimate of drug-likeness (QED) is 0.152. The van der Waals surface area contributed by atoms with Crippen molar-refractivity contribution in [2.24, 2.45) is 0 Å². The SMILES string of the molecule is CCOC(=O)C1=C[C@@H](OC(CC)CC)C[C@@H](N2C(=O)c3ccccc3C2=O)C1.CCOC(=O)C1=C[C@@H](OC(CC)CC)[C@H](N(C(C)=O)C(C)=O)[C@@H](N2C(=O)c3ccccc3C2=O)C1.O=C=O. The second-order valence-corrected chi connectivity index (χ2v) is 15.9. The number of nitrogens with zero attached hydrogens (tertiary/aromatic N) is 3. The Bertz CT molecular complexity index is 2170. The third-order valence-electron chi connectivity index (χ3n) is 11.8. The average Bonchev–Trinajstić information content (AvgIpc) is 3.71.